The number of para-hydroxylation sites is 3. The van der Waals surface area contributed by atoms with Gasteiger partial charge in [0.2, 0.25) is 0 Å². The number of hydrogen-bond acceptors (Lipinski definition) is 2. The van der Waals surface area contributed by atoms with Gasteiger partial charge in [0.25, 0.3) is 0 Å². The van der Waals surface area contributed by atoms with Gasteiger partial charge in [-0.05, 0) is 89.3 Å². The van der Waals surface area contributed by atoms with Crippen molar-refractivity contribution < 1.29 is 0 Å². The normalized spacial score (nSPS) is 20.1. The Morgan fingerprint density at radius 2 is 1.16 bits per heavy atom. The largest absolute Gasteiger partial charge is 0.375 e. The monoisotopic (exact) mass is 719 g/mol. The summed E-state index contributed by atoms with van der Waals surface area (Å²) in [5.74, 6) is 0. The van der Waals surface area contributed by atoms with E-state index in [1.54, 1.807) is 0 Å². The maximum atomic E-state index is 2.74. The maximum Gasteiger partial charge on any atom is 0.333 e. The van der Waals surface area contributed by atoms with Gasteiger partial charge < -0.3 is 14.3 Å². The number of aromatic nitrogens is 1. The summed E-state index contributed by atoms with van der Waals surface area (Å²) in [7, 11) is 0. The van der Waals surface area contributed by atoms with Gasteiger partial charge in [0.15, 0.2) is 0 Å². The van der Waals surface area contributed by atoms with E-state index in [-0.39, 0.29) is 17.8 Å². The van der Waals surface area contributed by atoms with Gasteiger partial charge in [-0.2, -0.15) is 0 Å². The highest BCUT2D eigenvalue weighted by Crippen LogP contribution is 2.62. The molecule has 4 heteroatoms. The Bertz CT molecular complexity index is 2850. The molecule has 0 radical (unpaired) electrons. The molecule has 2 atom stereocenters. The molecule has 0 spiro atoms. The second-order valence-electron chi connectivity index (χ2n) is 16.8. The maximum absolute atomic E-state index is 2.74. The van der Waals surface area contributed by atoms with Crippen LogP contribution in [0.5, 0.6) is 0 Å². The van der Waals surface area contributed by atoms with Gasteiger partial charge in [-0.3, -0.25) is 0 Å². The number of rotatable bonds is 4. The highest BCUT2D eigenvalue weighted by Gasteiger charge is 2.58. The van der Waals surface area contributed by atoms with Crippen LogP contribution in [0.3, 0.4) is 0 Å². The van der Waals surface area contributed by atoms with Crippen LogP contribution in [0.25, 0.3) is 44.4 Å². The molecule has 3 nitrogen and oxygen atoms in total. The van der Waals surface area contributed by atoms with Crippen molar-refractivity contribution in [3.8, 4) is 33.5 Å². The molecule has 2 unspecified atom stereocenters. The van der Waals surface area contributed by atoms with Gasteiger partial charge in [-0.15, -0.1) is 0 Å². The molecule has 0 saturated heterocycles. The molecular weight excluding hydrogens is 677 g/mol. The molecule has 12 rings (SSSR count). The van der Waals surface area contributed by atoms with Crippen LogP contribution in [0, 0.1) is 0 Å². The van der Waals surface area contributed by atoms with Crippen LogP contribution in [-0.2, 0) is 5.41 Å². The smallest absolute Gasteiger partial charge is 0.333 e. The molecule has 1 aromatic heterocycles. The Morgan fingerprint density at radius 3 is 1.89 bits per heavy atom. The Hall–Kier alpha value is -6.26. The molecule has 4 aliphatic rings. The third kappa shape index (κ3) is 4.09. The topological polar surface area (TPSA) is 11.4 Å². The van der Waals surface area contributed by atoms with Crippen molar-refractivity contribution in [2.75, 3.05) is 9.80 Å². The highest BCUT2D eigenvalue weighted by molar-refractivity contribution is 6.90. The van der Waals surface area contributed by atoms with Crippen molar-refractivity contribution in [1.82, 2.24) is 4.48 Å². The summed E-state index contributed by atoms with van der Waals surface area (Å²) in [6, 6.07) is 63.7. The second-order valence-corrected chi connectivity index (χ2v) is 16.8. The van der Waals surface area contributed by atoms with Crippen LogP contribution < -0.4 is 20.7 Å². The fourth-order valence-corrected chi connectivity index (χ4v) is 11.5. The van der Waals surface area contributed by atoms with Crippen molar-refractivity contribution in [3.63, 3.8) is 0 Å². The molecule has 0 N–H and O–H groups in total. The van der Waals surface area contributed by atoms with E-state index < -0.39 is 0 Å². The average molecular weight is 720 g/mol. The van der Waals surface area contributed by atoms with Gasteiger partial charge in [0.1, 0.15) is 0 Å². The zero-order valence-corrected chi connectivity index (χ0v) is 31.9. The minimum Gasteiger partial charge on any atom is -0.375 e. The van der Waals surface area contributed by atoms with E-state index in [1.807, 2.05) is 0 Å². The lowest BCUT2D eigenvalue weighted by molar-refractivity contribution is 0.195. The van der Waals surface area contributed by atoms with Crippen LogP contribution in [0.2, 0.25) is 0 Å². The van der Waals surface area contributed by atoms with E-state index in [4.69, 9.17) is 0 Å². The lowest BCUT2D eigenvalue weighted by Gasteiger charge is -2.50. The second kappa shape index (κ2) is 11.6. The van der Waals surface area contributed by atoms with Crippen LogP contribution in [0.15, 0.2) is 170 Å². The SMILES string of the molecule is CC12CCCCC1(C)N(c1ccccc1)c1cc3c(cc12)B1c2c(cccc2N3c2ccccc2)-c2cccc3c(-c4ccccc4)c(-c4ccccc4)n1c23. The third-order valence-corrected chi connectivity index (χ3v) is 14.1. The first-order valence-corrected chi connectivity index (χ1v) is 20.4. The van der Waals surface area contributed by atoms with Crippen molar-refractivity contribution >= 4 is 57.1 Å². The van der Waals surface area contributed by atoms with Gasteiger partial charge in [0.05, 0.1) is 5.54 Å². The van der Waals surface area contributed by atoms with Crippen molar-refractivity contribution in [3.05, 3.63) is 175 Å². The predicted molar refractivity (Wildman–Crippen MR) is 236 cm³/mol. The zero-order valence-electron chi connectivity index (χ0n) is 31.9. The van der Waals surface area contributed by atoms with Crippen molar-refractivity contribution in [2.45, 2.75) is 50.5 Å². The van der Waals surface area contributed by atoms with E-state index in [9.17, 15) is 0 Å². The molecule has 4 heterocycles. The molecule has 268 valence electrons. The van der Waals surface area contributed by atoms with Gasteiger partial charge in [-0.1, -0.05) is 153 Å². The molecule has 0 bridgehead atoms. The average Bonchev–Trinajstić information content (AvgIpc) is 3.70. The fraction of sp³-hybridized carbons (Fsp3) is 0.154. The summed E-state index contributed by atoms with van der Waals surface area (Å²) < 4.78 is 2.74. The van der Waals surface area contributed by atoms with Gasteiger partial charge in [0, 0.05) is 61.6 Å². The summed E-state index contributed by atoms with van der Waals surface area (Å²) >= 11 is 0. The number of anilines is 5. The Kier molecular flexibility index (Phi) is 6.65. The Balaban J connectivity index is 1.24. The molecule has 1 saturated carbocycles. The zero-order chi connectivity index (χ0) is 37.2. The minimum atomic E-state index is -0.0516. The first kappa shape index (κ1) is 32.0. The molecule has 1 aliphatic carbocycles. The first-order valence-electron chi connectivity index (χ1n) is 20.4. The Morgan fingerprint density at radius 1 is 0.536 bits per heavy atom. The van der Waals surface area contributed by atoms with E-state index >= 15 is 0 Å². The third-order valence-electron chi connectivity index (χ3n) is 14.1. The lowest BCUT2D eigenvalue weighted by Crippen LogP contribution is -2.57. The lowest BCUT2D eigenvalue weighted by atomic mass is 9.44. The summed E-state index contributed by atoms with van der Waals surface area (Å²) in [5, 5.41) is 1.30. The summed E-state index contributed by atoms with van der Waals surface area (Å²) in [5.41, 5.74) is 19.5. The van der Waals surface area contributed by atoms with E-state index in [0.29, 0.717) is 0 Å². The summed E-state index contributed by atoms with van der Waals surface area (Å²) in [4.78, 5) is 5.29. The molecule has 3 aliphatic heterocycles. The van der Waals surface area contributed by atoms with E-state index in [1.165, 1.54) is 109 Å². The number of benzene rings is 7. The number of nitrogens with zero attached hydrogens (tertiary/aromatic N) is 3. The number of hydrogen-bond donors (Lipinski definition) is 0. The first-order chi connectivity index (χ1) is 27.6. The van der Waals surface area contributed by atoms with E-state index in [2.05, 4.69) is 198 Å². The minimum absolute atomic E-state index is 0.0150. The molecule has 56 heavy (non-hydrogen) atoms. The molecule has 0 amide bonds. The van der Waals surface area contributed by atoms with Crippen LogP contribution in [0.4, 0.5) is 28.4 Å². The van der Waals surface area contributed by atoms with E-state index in [0.717, 1.165) is 6.42 Å². The fourth-order valence-electron chi connectivity index (χ4n) is 11.5. The summed E-state index contributed by atoms with van der Waals surface area (Å²) in [6.07, 6.45) is 4.84. The van der Waals surface area contributed by atoms with Gasteiger partial charge >= 0.3 is 6.85 Å². The van der Waals surface area contributed by atoms with Crippen LogP contribution >= 0.6 is 0 Å². The standard InChI is InChI=1S/C52H42BN3/c1-51-31-15-16-32-52(51,2)55(38-25-13-6-14-26-38)45-34-46-43(33-42(45)51)53-48-39(27-18-30-44(48)54(46)37-23-11-5-12-24-37)40-28-17-29-41-47(35-19-7-3-8-20-35)49(56(53)50(40)41)36-21-9-4-10-22-36/h3-14,17-30,33-34H,15-16,31-32H2,1-2H3. The van der Waals surface area contributed by atoms with Crippen LogP contribution in [-0.4, -0.2) is 16.9 Å². The van der Waals surface area contributed by atoms with Crippen LogP contribution in [0.1, 0.15) is 45.1 Å². The Labute approximate surface area is 329 Å². The van der Waals surface area contributed by atoms with Crippen molar-refractivity contribution in [2.24, 2.45) is 0 Å². The highest BCUT2D eigenvalue weighted by atomic mass is 15.3. The molecule has 8 aromatic rings. The quantitative estimate of drug-likeness (QED) is 0.168. The molecule has 1 fully saturated rings. The summed E-state index contributed by atoms with van der Waals surface area (Å²) in [6.45, 7) is 5.09. The molecular formula is C52H42BN3. The van der Waals surface area contributed by atoms with Gasteiger partial charge in [-0.25, -0.2) is 0 Å². The predicted octanol–water partition coefficient (Wildman–Crippen LogP) is 12.1. The number of fused-ring (bicyclic) bond motifs is 7. The van der Waals surface area contributed by atoms with Crippen molar-refractivity contribution in [1.29, 1.82) is 0 Å². The molecule has 7 aromatic carbocycles.